The number of ether oxygens (including phenoxy) is 1. The highest BCUT2D eigenvalue weighted by Gasteiger charge is 2.14. The predicted octanol–water partition coefficient (Wildman–Crippen LogP) is 2.37. The lowest BCUT2D eigenvalue weighted by atomic mass is 10.3. The number of hydrogen-bond donors (Lipinski definition) is 1. The number of aromatic nitrogens is 3. The molecular weight excluding hydrogens is 362 g/mol. The molecule has 0 saturated carbocycles. The number of carbonyl (C=O) groups excluding carboxylic acids is 1. The Morgan fingerprint density at radius 1 is 1.15 bits per heavy atom. The Labute approximate surface area is 161 Å². The zero-order valence-corrected chi connectivity index (χ0v) is 15.5. The highest BCUT2D eigenvalue weighted by atomic mass is 32.1. The standard InChI is InChI=1S/C19H19N5O2S/c25-18(22-11-14-2-1-5-20-10-14)16-13-23-19(27-16)15-3-4-17(21-12-15)24-6-8-26-9-7-24/h1-5,10,12-13H,6-9,11H2,(H,22,25). The first-order valence-corrected chi connectivity index (χ1v) is 9.53. The number of carbonyl (C=O) groups is 1. The normalized spacial score (nSPS) is 14.1. The first kappa shape index (κ1) is 17.6. The van der Waals surface area contributed by atoms with E-state index in [1.54, 1.807) is 24.8 Å². The molecule has 0 aromatic carbocycles. The molecule has 1 amide bonds. The van der Waals surface area contributed by atoms with Crippen molar-refractivity contribution in [1.29, 1.82) is 0 Å². The molecule has 7 nitrogen and oxygen atoms in total. The molecule has 0 spiro atoms. The smallest absolute Gasteiger partial charge is 0.263 e. The van der Waals surface area contributed by atoms with Gasteiger partial charge in [-0.3, -0.25) is 9.78 Å². The molecule has 8 heteroatoms. The van der Waals surface area contributed by atoms with E-state index in [2.05, 4.69) is 25.2 Å². The number of morpholine rings is 1. The summed E-state index contributed by atoms with van der Waals surface area (Å²) < 4.78 is 5.37. The summed E-state index contributed by atoms with van der Waals surface area (Å²) in [6, 6.07) is 7.76. The summed E-state index contributed by atoms with van der Waals surface area (Å²) >= 11 is 1.36. The fourth-order valence-corrected chi connectivity index (χ4v) is 3.60. The number of nitrogens with one attached hydrogen (secondary N) is 1. The minimum Gasteiger partial charge on any atom is -0.378 e. The maximum Gasteiger partial charge on any atom is 0.263 e. The molecule has 3 aromatic heterocycles. The van der Waals surface area contributed by atoms with Crippen molar-refractivity contribution in [2.24, 2.45) is 0 Å². The van der Waals surface area contributed by atoms with Crippen LogP contribution in [0.3, 0.4) is 0 Å². The van der Waals surface area contributed by atoms with Gasteiger partial charge < -0.3 is 15.0 Å². The van der Waals surface area contributed by atoms with Gasteiger partial charge in [-0.2, -0.15) is 0 Å². The van der Waals surface area contributed by atoms with E-state index in [-0.39, 0.29) is 5.91 Å². The van der Waals surface area contributed by atoms with Crippen LogP contribution in [0.5, 0.6) is 0 Å². The van der Waals surface area contributed by atoms with E-state index in [9.17, 15) is 4.79 Å². The Bertz CT molecular complexity index is 892. The van der Waals surface area contributed by atoms with Crippen LogP contribution in [0.25, 0.3) is 10.6 Å². The zero-order chi connectivity index (χ0) is 18.5. The Balaban J connectivity index is 1.40. The lowest BCUT2D eigenvalue weighted by Gasteiger charge is -2.27. The van der Waals surface area contributed by atoms with Crippen molar-refractivity contribution >= 4 is 23.1 Å². The molecule has 4 rings (SSSR count). The summed E-state index contributed by atoms with van der Waals surface area (Å²) in [6.07, 6.45) is 6.86. The highest BCUT2D eigenvalue weighted by Crippen LogP contribution is 2.26. The number of anilines is 1. The Morgan fingerprint density at radius 3 is 2.78 bits per heavy atom. The highest BCUT2D eigenvalue weighted by molar-refractivity contribution is 7.16. The first-order chi connectivity index (χ1) is 13.3. The molecule has 138 valence electrons. The van der Waals surface area contributed by atoms with Gasteiger partial charge in [0.05, 0.1) is 19.4 Å². The molecule has 27 heavy (non-hydrogen) atoms. The van der Waals surface area contributed by atoms with Crippen LogP contribution in [0.2, 0.25) is 0 Å². The van der Waals surface area contributed by atoms with Crippen LogP contribution in [-0.2, 0) is 11.3 Å². The number of hydrogen-bond acceptors (Lipinski definition) is 7. The zero-order valence-electron chi connectivity index (χ0n) is 14.7. The van der Waals surface area contributed by atoms with Gasteiger partial charge in [0, 0.05) is 43.8 Å². The molecule has 1 fully saturated rings. The summed E-state index contributed by atoms with van der Waals surface area (Å²) in [5.74, 6) is 0.800. The fourth-order valence-electron chi connectivity index (χ4n) is 2.78. The van der Waals surface area contributed by atoms with Crippen LogP contribution in [0.4, 0.5) is 5.82 Å². The van der Waals surface area contributed by atoms with Crippen LogP contribution < -0.4 is 10.2 Å². The van der Waals surface area contributed by atoms with E-state index in [4.69, 9.17) is 4.74 Å². The number of amides is 1. The summed E-state index contributed by atoms with van der Waals surface area (Å²) in [6.45, 7) is 3.60. The molecule has 3 aromatic rings. The van der Waals surface area contributed by atoms with Crippen molar-refractivity contribution in [2.45, 2.75) is 6.54 Å². The largest absolute Gasteiger partial charge is 0.378 e. The number of pyridine rings is 2. The van der Waals surface area contributed by atoms with Crippen LogP contribution in [0.15, 0.2) is 49.1 Å². The van der Waals surface area contributed by atoms with Gasteiger partial charge in [-0.25, -0.2) is 9.97 Å². The molecule has 0 radical (unpaired) electrons. The molecule has 0 unspecified atom stereocenters. The monoisotopic (exact) mass is 381 g/mol. The molecule has 0 bridgehead atoms. The Morgan fingerprint density at radius 2 is 2.04 bits per heavy atom. The van der Waals surface area contributed by atoms with E-state index in [0.29, 0.717) is 11.4 Å². The van der Waals surface area contributed by atoms with Crippen LogP contribution in [0, 0.1) is 0 Å². The van der Waals surface area contributed by atoms with Crippen LogP contribution in [-0.4, -0.2) is 47.2 Å². The summed E-state index contributed by atoms with van der Waals surface area (Å²) in [5, 5.41) is 3.67. The number of thiazole rings is 1. The van der Waals surface area contributed by atoms with E-state index >= 15 is 0 Å². The summed E-state index contributed by atoms with van der Waals surface area (Å²) in [7, 11) is 0. The SMILES string of the molecule is O=C(NCc1cccnc1)c1cnc(-c2ccc(N3CCOCC3)nc2)s1. The molecule has 4 heterocycles. The fraction of sp³-hybridized carbons (Fsp3) is 0.263. The minimum atomic E-state index is -0.138. The van der Waals surface area contributed by atoms with E-state index < -0.39 is 0 Å². The van der Waals surface area contributed by atoms with Gasteiger partial charge in [0.1, 0.15) is 15.7 Å². The minimum absolute atomic E-state index is 0.138. The molecule has 1 aliphatic heterocycles. The van der Waals surface area contributed by atoms with Crippen LogP contribution in [0.1, 0.15) is 15.2 Å². The van der Waals surface area contributed by atoms with Crippen molar-refractivity contribution in [2.75, 3.05) is 31.2 Å². The molecule has 1 N–H and O–H groups in total. The van der Waals surface area contributed by atoms with E-state index in [1.807, 2.05) is 24.3 Å². The third-order valence-corrected chi connectivity index (χ3v) is 5.28. The third-order valence-electron chi connectivity index (χ3n) is 4.24. The summed E-state index contributed by atoms with van der Waals surface area (Å²) in [4.78, 5) is 28.1. The van der Waals surface area contributed by atoms with Crippen molar-refractivity contribution in [3.05, 3.63) is 59.5 Å². The van der Waals surface area contributed by atoms with Gasteiger partial charge in [-0.15, -0.1) is 11.3 Å². The summed E-state index contributed by atoms with van der Waals surface area (Å²) in [5.41, 5.74) is 1.86. The second kappa shape index (κ2) is 8.24. The quantitative estimate of drug-likeness (QED) is 0.731. The Kier molecular flexibility index (Phi) is 5.36. The van der Waals surface area contributed by atoms with Gasteiger partial charge in [0.25, 0.3) is 5.91 Å². The van der Waals surface area contributed by atoms with Gasteiger partial charge in [-0.05, 0) is 23.8 Å². The molecule has 0 aliphatic carbocycles. The van der Waals surface area contributed by atoms with Crippen molar-refractivity contribution < 1.29 is 9.53 Å². The molecule has 1 aliphatic rings. The van der Waals surface area contributed by atoms with Crippen LogP contribution >= 0.6 is 11.3 Å². The van der Waals surface area contributed by atoms with Gasteiger partial charge in [0.15, 0.2) is 0 Å². The predicted molar refractivity (Wildman–Crippen MR) is 104 cm³/mol. The average Bonchev–Trinajstić information content (AvgIpc) is 3.24. The average molecular weight is 381 g/mol. The maximum absolute atomic E-state index is 12.3. The lowest BCUT2D eigenvalue weighted by Crippen LogP contribution is -2.36. The number of nitrogens with zero attached hydrogens (tertiary/aromatic N) is 4. The van der Waals surface area contributed by atoms with E-state index in [1.165, 1.54) is 11.3 Å². The third kappa shape index (κ3) is 4.29. The van der Waals surface area contributed by atoms with E-state index in [0.717, 1.165) is 48.3 Å². The first-order valence-electron chi connectivity index (χ1n) is 8.71. The molecule has 0 atom stereocenters. The van der Waals surface area contributed by atoms with Gasteiger partial charge in [-0.1, -0.05) is 6.07 Å². The topological polar surface area (TPSA) is 80.2 Å². The second-order valence-corrected chi connectivity index (χ2v) is 7.11. The van der Waals surface area contributed by atoms with Crippen molar-refractivity contribution in [3.8, 4) is 10.6 Å². The second-order valence-electron chi connectivity index (χ2n) is 6.08. The molecular formula is C19H19N5O2S. The lowest BCUT2D eigenvalue weighted by molar-refractivity contribution is 0.0954. The maximum atomic E-state index is 12.3. The van der Waals surface area contributed by atoms with Crippen molar-refractivity contribution in [1.82, 2.24) is 20.3 Å². The van der Waals surface area contributed by atoms with Crippen molar-refractivity contribution in [3.63, 3.8) is 0 Å². The van der Waals surface area contributed by atoms with Gasteiger partial charge >= 0.3 is 0 Å². The Hall–Kier alpha value is -2.84. The molecule has 1 saturated heterocycles. The number of rotatable bonds is 5. The van der Waals surface area contributed by atoms with Gasteiger partial charge in [0.2, 0.25) is 0 Å².